The topological polar surface area (TPSA) is 43.8 Å². The highest BCUT2D eigenvalue weighted by Crippen LogP contribution is 2.30. The number of aromatic nitrogens is 2. The lowest BCUT2D eigenvalue weighted by molar-refractivity contribution is 0.578. The molecule has 2 aromatic carbocycles. The third kappa shape index (κ3) is 2.40. The van der Waals surface area contributed by atoms with Crippen molar-refractivity contribution in [3.63, 3.8) is 0 Å². The van der Waals surface area contributed by atoms with E-state index in [-0.39, 0.29) is 11.9 Å². The van der Waals surface area contributed by atoms with Crippen molar-refractivity contribution in [2.75, 3.05) is 6.54 Å². The van der Waals surface area contributed by atoms with Crippen molar-refractivity contribution in [3.05, 3.63) is 53.3 Å². The van der Waals surface area contributed by atoms with Crippen LogP contribution in [0.25, 0.3) is 22.4 Å². The van der Waals surface area contributed by atoms with Gasteiger partial charge < -0.3 is 10.3 Å². The monoisotopic (exact) mass is 297 g/mol. The van der Waals surface area contributed by atoms with Gasteiger partial charge in [-0.25, -0.2) is 9.37 Å². The molecule has 3 rings (SSSR count). The molecule has 0 aliphatic carbocycles. The summed E-state index contributed by atoms with van der Waals surface area (Å²) in [5.74, 6) is 0.501. The molecule has 114 valence electrons. The largest absolute Gasteiger partial charge is 0.328 e. The van der Waals surface area contributed by atoms with Crippen LogP contribution in [0.4, 0.5) is 4.39 Å². The highest BCUT2D eigenvalue weighted by atomic mass is 19.1. The molecule has 1 aromatic heterocycles. The molecule has 1 atom stereocenters. The Morgan fingerprint density at radius 2 is 1.91 bits per heavy atom. The van der Waals surface area contributed by atoms with Crippen molar-refractivity contribution in [1.29, 1.82) is 0 Å². The lowest BCUT2D eigenvalue weighted by atomic mass is 10.1. The van der Waals surface area contributed by atoms with Gasteiger partial charge in [-0.15, -0.1) is 0 Å². The second-order valence-electron chi connectivity index (χ2n) is 5.83. The van der Waals surface area contributed by atoms with Crippen LogP contribution in [-0.2, 0) is 0 Å². The molecule has 1 unspecified atom stereocenters. The Bertz CT molecular complexity index is 836. The van der Waals surface area contributed by atoms with Gasteiger partial charge in [-0.2, -0.15) is 0 Å². The van der Waals surface area contributed by atoms with E-state index in [0.717, 1.165) is 22.4 Å². The molecule has 2 N–H and O–H groups in total. The first-order chi connectivity index (χ1) is 10.5. The number of nitrogens with zero attached hydrogens (tertiary/aromatic N) is 2. The summed E-state index contributed by atoms with van der Waals surface area (Å²) in [4.78, 5) is 4.74. The summed E-state index contributed by atoms with van der Waals surface area (Å²) in [7, 11) is 0. The first kappa shape index (κ1) is 14.7. The van der Waals surface area contributed by atoms with Crippen LogP contribution in [0.1, 0.15) is 24.1 Å². The van der Waals surface area contributed by atoms with Crippen molar-refractivity contribution in [2.45, 2.75) is 26.8 Å². The van der Waals surface area contributed by atoms with Crippen LogP contribution in [0.5, 0.6) is 0 Å². The van der Waals surface area contributed by atoms with Crippen LogP contribution in [0.2, 0.25) is 0 Å². The van der Waals surface area contributed by atoms with Crippen LogP contribution in [0.15, 0.2) is 36.4 Å². The number of imidazole rings is 1. The van der Waals surface area contributed by atoms with Crippen LogP contribution in [-0.4, -0.2) is 16.1 Å². The first-order valence-corrected chi connectivity index (χ1v) is 7.46. The van der Waals surface area contributed by atoms with E-state index in [1.165, 1.54) is 23.3 Å². The van der Waals surface area contributed by atoms with Crippen molar-refractivity contribution >= 4 is 11.0 Å². The maximum absolute atomic E-state index is 13.6. The minimum atomic E-state index is -0.260. The fourth-order valence-corrected chi connectivity index (χ4v) is 2.73. The minimum absolute atomic E-state index is 0.0883. The molecule has 3 nitrogen and oxygen atoms in total. The number of rotatable bonds is 3. The highest BCUT2D eigenvalue weighted by molar-refractivity contribution is 5.82. The number of nitrogens with two attached hydrogens (primary N) is 1. The standard InChI is InChI=1S/C18H20FN3/c1-11-7-16-17(8-12(11)2)22(13(3)10-20)18(21-16)14-5-4-6-15(19)9-14/h4-9,13H,10,20H2,1-3H3. The van der Waals surface area contributed by atoms with E-state index in [9.17, 15) is 4.39 Å². The summed E-state index contributed by atoms with van der Waals surface area (Å²) in [6, 6.07) is 10.8. The lowest BCUT2D eigenvalue weighted by Gasteiger charge is -2.16. The van der Waals surface area contributed by atoms with E-state index in [0.29, 0.717) is 6.54 Å². The summed E-state index contributed by atoms with van der Waals surface area (Å²) in [5.41, 5.74) is 11.0. The molecule has 0 bridgehead atoms. The zero-order valence-electron chi connectivity index (χ0n) is 13.1. The number of halogens is 1. The van der Waals surface area contributed by atoms with E-state index in [1.807, 2.05) is 6.07 Å². The third-order valence-electron chi connectivity index (χ3n) is 4.17. The molecule has 0 spiro atoms. The normalized spacial score (nSPS) is 12.8. The molecule has 0 saturated heterocycles. The summed E-state index contributed by atoms with van der Waals surface area (Å²) in [6.07, 6.45) is 0. The number of hydrogen-bond donors (Lipinski definition) is 1. The lowest BCUT2D eigenvalue weighted by Crippen LogP contribution is -2.17. The zero-order valence-corrected chi connectivity index (χ0v) is 13.1. The fraction of sp³-hybridized carbons (Fsp3) is 0.278. The van der Waals surface area contributed by atoms with Crippen molar-refractivity contribution in [3.8, 4) is 11.4 Å². The van der Waals surface area contributed by atoms with Gasteiger partial charge in [0.2, 0.25) is 0 Å². The van der Waals surface area contributed by atoms with Crippen molar-refractivity contribution < 1.29 is 4.39 Å². The fourth-order valence-electron chi connectivity index (χ4n) is 2.73. The number of fused-ring (bicyclic) bond motifs is 1. The molecule has 0 saturated carbocycles. The maximum Gasteiger partial charge on any atom is 0.141 e. The van der Waals surface area contributed by atoms with Gasteiger partial charge in [-0.3, -0.25) is 0 Å². The van der Waals surface area contributed by atoms with Crippen LogP contribution >= 0.6 is 0 Å². The Kier molecular flexibility index (Phi) is 3.71. The maximum atomic E-state index is 13.6. The molecule has 0 radical (unpaired) electrons. The second kappa shape index (κ2) is 5.54. The van der Waals surface area contributed by atoms with Crippen molar-refractivity contribution in [1.82, 2.24) is 9.55 Å². The Balaban J connectivity index is 2.33. The van der Waals surface area contributed by atoms with Gasteiger partial charge in [-0.05, 0) is 56.2 Å². The highest BCUT2D eigenvalue weighted by Gasteiger charge is 2.17. The molecular weight excluding hydrogens is 277 g/mol. The minimum Gasteiger partial charge on any atom is -0.328 e. The molecule has 0 aliphatic heterocycles. The van der Waals surface area contributed by atoms with Gasteiger partial charge in [0.25, 0.3) is 0 Å². The molecular formula is C18H20FN3. The zero-order chi connectivity index (χ0) is 15.9. The van der Waals surface area contributed by atoms with Crippen LogP contribution < -0.4 is 5.73 Å². The van der Waals surface area contributed by atoms with Crippen molar-refractivity contribution in [2.24, 2.45) is 5.73 Å². The van der Waals surface area contributed by atoms with E-state index in [4.69, 9.17) is 10.7 Å². The van der Waals surface area contributed by atoms with E-state index >= 15 is 0 Å². The molecule has 1 heterocycles. The molecule has 4 heteroatoms. The SMILES string of the molecule is Cc1cc2nc(-c3cccc(F)c3)n(C(C)CN)c2cc1C. The third-order valence-corrected chi connectivity index (χ3v) is 4.17. The predicted octanol–water partition coefficient (Wildman–Crippen LogP) is 3.98. The molecule has 3 aromatic rings. The average molecular weight is 297 g/mol. The molecule has 22 heavy (non-hydrogen) atoms. The van der Waals surface area contributed by atoms with Gasteiger partial charge >= 0.3 is 0 Å². The van der Waals surface area contributed by atoms with E-state index in [2.05, 4.69) is 37.5 Å². The number of hydrogen-bond acceptors (Lipinski definition) is 2. The van der Waals surface area contributed by atoms with Gasteiger partial charge in [0.1, 0.15) is 11.6 Å². The Labute approximate surface area is 129 Å². The Morgan fingerprint density at radius 1 is 1.18 bits per heavy atom. The smallest absolute Gasteiger partial charge is 0.141 e. The van der Waals surface area contributed by atoms with Crippen LogP contribution in [0, 0.1) is 19.7 Å². The van der Waals surface area contributed by atoms with E-state index in [1.54, 1.807) is 6.07 Å². The summed E-state index contributed by atoms with van der Waals surface area (Å²) < 4.78 is 15.7. The number of benzene rings is 2. The summed E-state index contributed by atoms with van der Waals surface area (Å²) >= 11 is 0. The van der Waals surface area contributed by atoms with Gasteiger partial charge in [0.05, 0.1) is 11.0 Å². The Hall–Kier alpha value is -2.20. The molecule has 0 fully saturated rings. The second-order valence-corrected chi connectivity index (χ2v) is 5.83. The molecule has 0 amide bonds. The van der Waals surface area contributed by atoms with Gasteiger partial charge in [-0.1, -0.05) is 12.1 Å². The number of aryl methyl sites for hydroxylation is 2. The average Bonchev–Trinajstić information content (AvgIpc) is 2.85. The Morgan fingerprint density at radius 3 is 2.59 bits per heavy atom. The molecule has 0 aliphatic rings. The quantitative estimate of drug-likeness (QED) is 0.794. The first-order valence-electron chi connectivity index (χ1n) is 7.46. The van der Waals surface area contributed by atoms with Gasteiger partial charge in [0, 0.05) is 18.2 Å². The summed E-state index contributed by atoms with van der Waals surface area (Å²) in [5, 5.41) is 0. The summed E-state index contributed by atoms with van der Waals surface area (Å²) in [6.45, 7) is 6.71. The van der Waals surface area contributed by atoms with Gasteiger partial charge in [0.15, 0.2) is 0 Å². The van der Waals surface area contributed by atoms with E-state index < -0.39 is 0 Å². The predicted molar refractivity (Wildman–Crippen MR) is 88.4 cm³/mol. The van der Waals surface area contributed by atoms with Crippen LogP contribution in [0.3, 0.4) is 0 Å².